The molecule has 0 aliphatic carbocycles. The smallest absolute Gasteiger partial charge is 0.103 e. The van der Waals surface area contributed by atoms with Crippen LogP contribution in [0.5, 0.6) is 0 Å². The molecule has 1 aromatic rings. The van der Waals surface area contributed by atoms with Crippen LogP contribution < -0.4 is 4.90 Å². The number of anilines is 1. The fraction of sp³-hybridized carbons (Fsp3) is 0.455. The molecule has 1 heterocycles. The number of halogens is 1. The summed E-state index contributed by atoms with van der Waals surface area (Å²) in [5.41, 5.74) is 1.19. The van der Waals surface area contributed by atoms with Gasteiger partial charge < -0.3 is 4.90 Å². The van der Waals surface area contributed by atoms with Gasteiger partial charge in [0.1, 0.15) is 6.17 Å². The molecule has 0 N–H and O–H groups in total. The van der Waals surface area contributed by atoms with Gasteiger partial charge in [0.05, 0.1) is 0 Å². The average Bonchev–Trinajstić information content (AvgIpc) is 2.20. The summed E-state index contributed by atoms with van der Waals surface area (Å²) in [5, 5.41) is 0. The predicted molar refractivity (Wildman–Crippen MR) is 51.6 cm³/mol. The van der Waals surface area contributed by atoms with Gasteiger partial charge in [-0.1, -0.05) is 12.1 Å². The predicted octanol–water partition coefficient (Wildman–Crippen LogP) is 2.43. The van der Waals surface area contributed by atoms with Gasteiger partial charge in [-0.2, -0.15) is 0 Å². The lowest BCUT2D eigenvalue weighted by molar-refractivity contribution is 0.277. The minimum atomic E-state index is -0.591. The van der Waals surface area contributed by atoms with Gasteiger partial charge in [-0.15, -0.1) is 0 Å². The third-order valence-corrected chi connectivity index (χ3v) is 2.49. The minimum Gasteiger partial charge on any atom is -0.371 e. The minimum absolute atomic E-state index is 0.591. The number of benzene rings is 1. The molecule has 0 bridgehead atoms. The summed E-state index contributed by atoms with van der Waals surface area (Å²) in [5.74, 6) is 0. The molecule has 0 saturated carbocycles. The average molecular weight is 178 g/mol. The number of rotatable bonds is 1. The van der Waals surface area contributed by atoms with Crippen molar-refractivity contribution in [1.82, 2.24) is 0 Å². The molecule has 69 valence electrons. The van der Waals surface area contributed by atoms with E-state index in [0.29, 0.717) is 12.8 Å². The highest BCUT2D eigenvalue weighted by Gasteiger charge is 2.17. The highest BCUT2D eigenvalue weighted by molar-refractivity contribution is 5.45. The maximum atomic E-state index is 12.8. The summed E-state index contributed by atoms with van der Waals surface area (Å²) in [6.45, 7) is 1.68. The summed E-state index contributed by atoms with van der Waals surface area (Å²) in [7, 11) is 0. The molecule has 0 spiro atoms. The van der Waals surface area contributed by atoms with Crippen molar-refractivity contribution in [3.63, 3.8) is 0 Å². The van der Waals surface area contributed by atoms with Crippen molar-refractivity contribution < 1.29 is 4.39 Å². The number of hydrogen-bond acceptors (Lipinski definition) is 1. The van der Waals surface area contributed by atoms with Crippen LogP contribution in [0.4, 0.5) is 10.1 Å². The van der Waals surface area contributed by atoms with E-state index in [1.165, 1.54) is 5.69 Å². The van der Waals surface area contributed by atoms with Gasteiger partial charge in [0.25, 0.3) is 0 Å². The Balaban J connectivity index is 2.03. The first-order chi connectivity index (χ1) is 6.36. The van der Waals surface area contributed by atoms with E-state index in [1.54, 1.807) is 0 Å². The number of nitrogens with zero attached hydrogens (tertiary/aromatic N) is 1. The van der Waals surface area contributed by atoms with Crippen LogP contribution in [0.2, 0.25) is 0 Å². The van der Waals surface area contributed by atoms with Crippen molar-refractivity contribution in [2.75, 3.05) is 18.0 Å². The van der Waals surface area contributed by atoms with Crippen LogP contribution in [0.1, 0.15) is 12.8 Å². The number of hydrogen-bond donors (Lipinski definition) is 0. The van der Waals surface area contributed by atoms with Crippen molar-refractivity contribution in [2.24, 2.45) is 0 Å². The van der Waals surface area contributed by atoms with E-state index < -0.39 is 6.17 Å². The highest BCUT2D eigenvalue weighted by Crippen LogP contribution is 2.20. The Morgan fingerprint density at radius 2 is 1.85 bits per heavy atom. The fourth-order valence-corrected chi connectivity index (χ4v) is 1.70. The van der Waals surface area contributed by atoms with E-state index in [9.17, 15) is 4.39 Å². The zero-order valence-electron chi connectivity index (χ0n) is 7.54. The second-order valence-corrected chi connectivity index (χ2v) is 3.42. The molecular formula is C11H13FN. The van der Waals surface area contributed by atoms with E-state index in [1.807, 2.05) is 24.3 Å². The first-order valence-corrected chi connectivity index (χ1v) is 4.71. The van der Waals surface area contributed by atoms with E-state index >= 15 is 0 Å². The van der Waals surface area contributed by atoms with Gasteiger partial charge in [-0.05, 0) is 31.0 Å². The van der Waals surface area contributed by atoms with E-state index in [2.05, 4.69) is 11.0 Å². The van der Waals surface area contributed by atoms with Crippen LogP contribution in [0.15, 0.2) is 24.3 Å². The Bertz CT molecular complexity index is 252. The molecule has 0 amide bonds. The summed E-state index contributed by atoms with van der Waals surface area (Å²) in [6, 6.07) is 10.8. The van der Waals surface area contributed by atoms with Crippen LogP contribution in [0.25, 0.3) is 0 Å². The molecule has 1 aromatic carbocycles. The van der Waals surface area contributed by atoms with E-state index in [-0.39, 0.29) is 0 Å². The summed E-state index contributed by atoms with van der Waals surface area (Å²) >= 11 is 0. The number of alkyl halides is 1. The first kappa shape index (κ1) is 8.54. The van der Waals surface area contributed by atoms with E-state index in [0.717, 1.165) is 13.1 Å². The second-order valence-electron chi connectivity index (χ2n) is 3.42. The highest BCUT2D eigenvalue weighted by atomic mass is 19.1. The Morgan fingerprint density at radius 1 is 1.23 bits per heavy atom. The van der Waals surface area contributed by atoms with Gasteiger partial charge in [0.2, 0.25) is 0 Å². The Morgan fingerprint density at radius 3 is 2.46 bits per heavy atom. The lowest BCUT2D eigenvalue weighted by Gasteiger charge is -2.30. The Kier molecular flexibility index (Phi) is 2.48. The van der Waals surface area contributed by atoms with Gasteiger partial charge in [0, 0.05) is 18.8 Å². The maximum Gasteiger partial charge on any atom is 0.103 e. The lowest BCUT2D eigenvalue weighted by atomic mass is 10.1. The molecule has 1 fully saturated rings. The molecule has 1 aliphatic rings. The molecule has 13 heavy (non-hydrogen) atoms. The van der Waals surface area contributed by atoms with Gasteiger partial charge in [-0.25, -0.2) is 4.39 Å². The number of piperidine rings is 1. The summed E-state index contributed by atoms with van der Waals surface area (Å²) < 4.78 is 12.8. The summed E-state index contributed by atoms with van der Waals surface area (Å²) in [4.78, 5) is 2.23. The van der Waals surface area contributed by atoms with Crippen molar-refractivity contribution in [3.8, 4) is 0 Å². The molecule has 2 heteroatoms. The Labute approximate surface area is 78.2 Å². The normalized spacial score (nSPS) is 19.0. The monoisotopic (exact) mass is 178 g/mol. The van der Waals surface area contributed by atoms with Crippen LogP contribution in [-0.2, 0) is 0 Å². The second kappa shape index (κ2) is 3.77. The van der Waals surface area contributed by atoms with Gasteiger partial charge >= 0.3 is 0 Å². The molecule has 1 radical (unpaired) electrons. The van der Waals surface area contributed by atoms with Crippen LogP contribution in [0, 0.1) is 6.07 Å². The molecule has 0 unspecified atom stereocenters. The topological polar surface area (TPSA) is 3.24 Å². The first-order valence-electron chi connectivity index (χ1n) is 4.71. The molecule has 1 saturated heterocycles. The van der Waals surface area contributed by atoms with Crippen molar-refractivity contribution >= 4 is 5.69 Å². The van der Waals surface area contributed by atoms with Gasteiger partial charge in [0.15, 0.2) is 0 Å². The third kappa shape index (κ3) is 2.00. The SMILES string of the molecule is FC1CCN(c2cc[c]cc2)CC1. The zero-order valence-corrected chi connectivity index (χ0v) is 7.54. The van der Waals surface area contributed by atoms with Crippen LogP contribution >= 0.6 is 0 Å². The quantitative estimate of drug-likeness (QED) is 0.638. The molecule has 0 atom stereocenters. The van der Waals surface area contributed by atoms with Crippen molar-refractivity contribution in [3.05, 3.63) is 30.3 Å². The summed E-state index contributed by atoms with van der Waals surface area (Å²) in [6.07, 6.45) is 0.739. The standard InChI is InChI=1S/C11H13FN/c12-10-6-8-13(9-7-10)11-4-2-1-3-5-11/h2-5,10H,6-9H2. The van der Waals surface area contributed by atoms with Crippen LogP contribution in [0.3, 0.4) is 0 Å². The zero-order chi connectivity index (χ0) is 9.10. The molecular weight excluding hydrogens is 165 g/mol. The largest absolute Gasteiger partial charge is 0.371 e. The van der Waals surface area contributed by atoms with Gasteiger partial charge in [-0.3, -0.25) is 0 Å². The Hall–Kier alpha value is -1.05. The maximum absolute atomic E-state index is 12.8. The van der Waals surface area contributed by atoms with Crippen molar-refractivity contribution in [2.45, 2.75) is 19.0 Å². The lowest BCUT2D eigenvalue weighted by Crippen LogP contribution is -2.34. The molecule has 1 aliphatic heterocycles. The molecule has 0 aromatic heterocycles. The van der Waals surface area contributed by atoms with Crippen molar-refractivity contribution in [1.29, 1.82) is 0 Å². The molecule has 2 rings (SSSR count). The molecule has 1 nitrogen and oxygen atoms in total. The van der Waals surface area contributed by atoms with E-state index in [4.69, 9.17) is 0 Å². The fourth-order valence-electron chi connectivity index (χ4n) is 1.70. The van der Waals surface area contributed by atoms with Crippen LogP contribution in [-0.4, -0.2) is 19.3 Å². The third-order valence-electron chi connectivity index (χ3n) is 2.49.